The smallest absolute Gasteiger partial charge is 0.0434 e. The van der Waals surface area contributed by atoms with E-state index in [1.54, 1.807) is 0 Å². The summed E-state index contributed by atoms with van der Waals surface area (Å²) < 4.78 is 0. The molecule has 1 fully saturated rings. The molecule has 1 rings (SSSR count). The normalized spacial score (nSPS) is 31.2. The highest BCUT2D eigenvalue weighted by molar-refractivity contribution is 4.84. The van der Waals surface area contributed by atoms with Crippen LogP contribution in [0, 0.1) is 5.92 Å². The topological polar surface area (TPSA) is 23.5 Å². The van der Waals surface area contributed by atoms with E-state index in [0.29, 0.717) is 6.61 Å². The predicted molar refractivity (Wildman–Crippen MR) is 51.1 cm³/mol. The van der Waals surface area contributed by atoms with Crippen molar-refractivity contribution in [1.29, 1.82) is 0 Å². The summed E-state index contributed by atoms with van der Waals surface area (Å²) in [5, 5.41) is 8.88. The van der Waals surface area contributed by atoms with Crippen molar-refractivity contribution in [2.75, 3.05) is 20.2 Å². The summed E-state index contributed by atoms with van der Waals surface area (Å²) in [5.74, 6) is 0.750. The fourth-order valence-corrected chi connectivity index (χ4v) is 2.34. The van der Waals surface area contributed by atoms with Gasteiger partial charge >= 0.3 is 0 Å². The lowest BCUT2D eigenvalue weighted by Crippen LogP contribution is -2.29. The molecule has 0 radical (unpaired) electrons. The Morgan fingerprint density at radius 2 is 2.17 bits per heavy atom. The SMILES string of the molecule is CCCC1C(CCO)CCN1C. The van der Waals surface area contributed by atoms with E-state index in [4.69, 9.17) is 5.11 Å². The van der Waals surface area contributed by atoms with Gasteiger partial charge in [-0.05, 0) is 38.8 Å². The summed E-state index contributed by atoms with van der Waals surface area (Å²) in [6.07, 6.45) is 4.83. The van der Waals surface area contributed by atoms with E-state index >= 15 is 0 Å². The maximum Gasteiger partial charge on any atom is 0.0434 e. The highest BCUT2D eigenvalue weighted by Gasteiger charge is 2.29. The van der Waals surface area contributed by atoms with Crippen molar-refractivity contribution in [3.8, 4) is 0 Å². The number of nitrogens with zero attached hydrogens (tertiary/aromatic N) is 1. The lowest BCUT2D eigenvalue weighted by Gasteiger charge is -2.23. The van der Waals surface area contributed by atoms with Crippen LogP contribution < -0.4 is 0 Å². The van der Waals surface area contributed by atoms with E-state index in [1.165, 1.54) is 25.8 Å². The molecule has 0 bridgehead atoms. The van der Waals surface area contributed by atoms with Gasteiger partial charge < -0.3 is 10.0 Å². The summed E-state index contributed by atoms with van der Waals surface area (Å²) in [5.41, 5.74) is 0. The maximum absolute atomic E-state index is 8.88. The van der Waals surface area contributed by atoms with Crippen molar-refractivity contribution in [2.45, 2.75) is 38.6 Å². The minimum atomic E-state index is 0.360. The first-order chi connectivity index (χ1) is 5.79. The van der Waals surface area contributed by atoms with Gasteiger partial charge in [-0.25, -0.2) is 0 Å². The molecule has 0 aromatic carbocycles. The molecular formula is C10H21NO. The van der Waals surface area contributed by atoms with Crippen molar-refractivity contribution in [1.82, 2.24) is 4.90 Å². The second kappa shape index (κ2) is 4.83. The van der Waals surface area contributed by atoms with Crippen LogP contribution in [0.2, 0.25) is 0 Å². The first-order valence-corrected chi connectivity index (χ1v) is 5.10. The standard InChI is InChI=1S/C10H21NO/c1-3-4-10-9(6-8-12)5-7-11(10)2/h9-10,12H,3-8H2,1-2H3. The molecule has 1 heterocycles. The first-order valence-electron chi connectivity index (χ1n) is 5.10. The number of likely N-dealkylation sites (tertiary alicyclic amines) is 1. The Kier molecular flexibility index (Phi) is 4.02. The Morgan fingerprint density at radius 3 is 2.75 bits per heavy atom. The number of aliphatic hydroxyl groups is 1. The molecule has 12 heavy (non-hydrogen) atoms. The molecule has 2 atom stereocenters. The van der Waals surface area contributed by atoms with Gasteiger partial charge in [-0.1, -0.05) is 13.3 Å². The second-order valence-corrected chi connectivity index (χ2v) is 3.90. The summed E-state index contributed by atoms with van der Waals surface area (Å²) >= 11 is 0. The fourth-order valence-electron chi connectivity index (χ4n) is 2.34. The van der Waals surface area contributed by atoms with Gasteiger partial charge in [0.25, 0.3) is 0 Å². The Hall–Kier alpha value is -0.0800. The zero-order valence-corrected chi connectivity index (χ0v) is 8.29. The van der Waals surface area contributed by atoms with Crippen molar-refractivity contribution in [2.24, 2.45) is 5.92 Å². The van der Waals surface area contributed by atoms with E-state index in [0.717, 1.165) is 18.4 Å². The molecule has 0 aromatic heterocycles. The molecule has 0 saturated carbocycles. The van der Waals surface area contributed by atoms with Crippen LogP contribution in [0.25, 0.3) is 0 Å². The summed E-state index contributed by atoms with van der Waals surface area (Å²) in [7, 11) is 2.21. The molecule has 72 valence electrons. The van der Waals surface area contributed by atoms with Gasteiger partial charge in [0.15, 0.2) is 0 Å². The lowest BCUT2D eigenvalue weighted by atomic mass is 9.94. The van der Waals surface area contributed by atoms with Crippen LogP contribution in [0.5, 0.6) is 0 Å². The van der Waals surface area contributed by atoms with Crippen molar-refractivity contribution in [3.63, 3.8) is 0 Å². The number of aliphatic hydroxyl groups excluding tert-OH is 1. The molecule has 1 aliphatic heterocycles. The van der Waals surface area contributed by atoms with E-state index in [1.807, 2.05) is 0 Å². The average molecular weight is 171 g/mol. The highest BCUT2D eigenvalue weighted by Crippen LogP contribution is 2.28. The molecule has 1 N–H and O–H groups in total. The quantitative estimate of drug-likeness (QED) is 0.692. The van der Waals surface area contributed by atoms with Crippen LogP contribution in [0.15, 0.2) is 0 Å². The zero-order chi connectivity index (χ0) is 8.97. The van der Waals surface area contributed by atoms with Gasteiger partial charge in [-0.15, -0.1) is 0 Å². The van der Waals surface area contributed by atoms with Crippen LogP contribution in [-0.2, 0) is 0 Å². The van der Waals surface area contributed by atoms with E-state index in [-0.39, 0.29) is 0 Å². The monoisotopic (exact) mass is 171 g/mol. The third kappa shape index (κ3) is 2.20. The Labute approximate surface area is 75.6 Å². The predicted octanol–water partition coefficient (Wildman–Crippen LogP) is 1.49. The second-order valence-electron chi connectivity index (χ2n) is 3.90. The highest BCUT2D eigenvalue weighted by atomic mass is 16.3. The lowest BCUT2D eigenvalue weighted by molar-refractivity contribution is 0.208. The number of hydrogen-bond donors (Lipinski definition) is 1. The first kappa shape index (κ1) is 10.0. The number of hydrogen-bond acceptors (Lipinski definition) is 2. The molecule has 1 saturated heterocycles. The van der Waals surface area contributed by atoms with Gasteiger partial charge in [0, 0.05) is 12.6 Å². The van der Waals surface area contributed by atoms with Crippen LogP contribution in [0.3, 0.4) is 0 Å². The molecule has 0 spiro atoms. The zero-order valence-electron chi connectivity index (χ0n) is 8.29. The fraction of sp³-hybridized carbons (Fsp3) is 1.00. The van der Waals surface area contributed by atoms with Gasteiger partial charge in [-0.2, -0.15) is 0 Å². The van der Waals surface area contributed by atoms with Gasteiger partial charge in [0.1, 0.15) is 0 Å². The summed E-state index contributed by atoms with van der Waals surface area (Å²) in [4.78, 5) is 2.45. The third-order valence-electron chi connectivity index (χ3n) is 3.05. The molecule has 0 aliphatic carbocycles. The van der Waals surface area contributed by atoms with Gasteiger partial charge in [0.05, 0.1) is 0 Å². The molecule has 2 unspecified atom stereocenters. The van der Waals surface area contributed by atoms with Crippen LogP contribution >= 0.6 is 0 Å². The molecule has 0 amide bonds. The van der Waals surface area contributed by atoms with Crippen LogP contribution in [-0.4, -0.2) is 36.2 Å². The third-order valence-corrected chi connectivity index (χ3v) is 3.05. The van der Waals surface area contributed by atoms with Gasteiger partial charge in [0.2, 0.25) is 0 Å². The molecule has 0 aromatic rings. The summed E-state index contributed by atoms with van der Waals surface area (Å²) in [6, 6.07) is 0.738. The number of rotatable bonds is 4. The molecule has 2 heteroatoms. The average Bonchev–Trinajstić information content (AvgIpc) is 2.37. The van der Waals surface area contributed by atoms with E-state index < -0.39 is 0 Å². The Morgan fingerprint density at radius 1 is 1.42 bits per heavy atom. The molecule has 1 aliphatic rings. The minimum absolute atomic E-state index is 0.360. The summed E-state index contributed by atoms with van der Waals surface area (Å²) in [6.45, 7) is 3.82. The maximum atomic E-state index is 8.88. The van der Waals surface area contributed by atoms with Crippen molar-refractivity contribution < 1.29 is 5.11 Å². The minimum Gasteiger partial charge on any atom is -0.396 e. The Bertz CT molecular complexity index is 125. The van der Waals surface area contributed by atoms with E-state index in [2.05, 4.69) is 18.9 Å². The van der Waals surface area contributed by atoms with E-state index in [9.17, 15) is 0 Å². The molecular weight excluding hydrogens is 150 g/mol. The van der Waals surface area contributed by atoms with Gasteiger partial charge in [-0.3, -0.25) is 0 Å². The Balaban J connectivity index is 2.39. The van der Waals surface area contributed by atoms with Crippen LogP contribution in [0.1, 0.15) is 32.6 Å². The van der Waals surface area contributed by atoms with Crippen molar-refractivity contribution >= 4 is 0 Å². The largest absolute Gasteiger partial charge is 0.396 e. The van der Waals surface area contributed by atoms with Crippen molar-refractivity contribution in [3.05, 3.63) is 0 Å². The van der Waals surface area contributed by atoms with Crippen LogP contribution in [0.4, 0.5) is 0 Å². The molecule has 2 nitrogen and oxygen atoms in total.